The first-order chi connectivity index (χ1) is 16.8. The van der Waals surface area contributed by atoms with Crippen LogP contribution >= 0.6 is 0 Å². The zero-order chi connectivity index (χ0) is 25.2. The third-order valence-electron chi connectivity index (χ3n) is 6.03. The highest BCUT2D eigenvalue weighted by molar-refractivity contribution is 5.77. The Morgan fingerprint density at radius 2 is 1.71 bits per heavy atom. The number of likely N-dealkylation sites (N-methyl/N-ethyl adjacent to an activating group) is 1. The zero-order valence-corrected chi connectivity index (χ0v) is 19.6. The molecule has 1 aromatic heterocycles. The Balaban J connectivity index is 1.96. The summed E-state index contributed by atoms with van der Waals surface area (Å²) in [5.74, 6) is -0.552. The van der Waals surface area contributed by atoms with Gasteiger partial charge in [-0.1, -0.05) is 49.9 Å². The molecular formula is C26H25F2N5O2. The molecule has 2 aromatic carbocycles. The van der Waals surface area contributed by atoms with Gasteiger partial charge in [0, 0.05) is 30.1 Å². The lowest BCUT2D eigenvalue weighted by Gasteiger charge is -2.35. The second-order valence-corrected chi connectivity index (χ2v) is 7.97. The fourth-order valence-electron chi connectivity index (χ4n) is 4.28. The van der Waals surface area contributed by atoms with Crippen LogP contribution < -0.4 is 0 Å². The maximum Gasteiger partial charge on any atom is 0.208 e. The van der Waals surface area contributed by atoms with Gasteiger partial charge in [-0.05, 0) is 41.0 Å². The van der Waals surface area contributed by atoms with Crippen LogP contribution in [0.15, 0.2) is 90.0 Å². The zero-order valence-electron chi connectivity index (χ0n) is 19.6. The predicted octanol–water partition coefficient (Wildman–Crippen LogP) is 4.45. The van der Waals surface area contributed by atoms with Crippen LogP contribution in [0.3, 0.4) is 0 Å². The van der Waals surface area contributed by atoms with E-state index in [0.29, 0.717) is 34.8 Å². The van der Waals surface area contributed by atoms with Gasteiger partial charge in [0.2, 0.25) is 5.82 Å². The number of halogens is 2. The first kappa shape index (κ1) is 24.0. The molecule has 0 radical (unpaired) electrons. The number of nitrogens with one attached hydrogen (secondary N) is 1. The Morgan fingerprint density at radius 3 is 2.20 bits per heavy atom. The third-order valence-corrected chi connectivity index (χ3v) is 6.03. The Morgan fingerprint density at radius 1 is 1.11 bits per heavy atom. The molecule has 2 N–H and O–H groups in total. The molecular weight excluding hydrogens is 452 g/mol. The summed E-state index contributed by atoms with van der Waals surface area (Å²) in [7, 11) is 3.32. The van der Waals surface area contributed by atoms with Gasteiger partial charge in [-0.3, -0.25) is 0 Å². The van der Waals surface area contributed by atoms with Crippen LogP contribution in [-0.4, -0.2) is 44.8 Å². The topological polar surface area (TPSA) is 87.2 Å². The van der Waals surface area contributed by atoms with Crippen LogP contribution in [0.5, 0.6) is 0 Å². The molecule has 9 heteroatoms. The Kier molecular flexibility index (Phi) is 6.61. The monoisotopic (exact) mass is 477 g/mol. The van der Waals surface area contributed by atoms with Gasteiger partial charge in [0.05, 0.1) is 12.7 Å². The van der Waals surface area contributed by atoms with E-state index in [9.17, 15) is 5.11 Å². The average Bonchev–Trinajstić information content (AvgIpc) is 3.40. The van der Waals surface area contributed by atoms with Crippen molar-refractivity contribution < 1.29 is 18.6 Å². The number of methoxy groups -OCH3 is 1. The van der Waals surface area contributed by atoms with Gasteiger partial charge in [0.15, 0.2) is 0 Å². The fourth-order valence-corrected chi connectivity index (χ4v) is 4.28. The summed E-state index contributed by atoms with van der Waals surface area (Å²) in [4.78, 5) is 1.79. The molecule has 0 saturated heterocycles. The van der Waals surface area contributed by atoms with E-state index < -0.39 is 17.2 Å². The number of allylic oxidation sites excluding steroid dienone is 2. The first-order valence-corrected chi connectivity index (χ1v) is 10.9. The minimum atomic E-state index is -2.18. The minimum absolute atomic E-state index is 0.101. The number of tetrazole rings is 1. The van der Waals surface area contributed by atoms with E-state index in [0.717, 1.165) is 0 Å². The minimum Gasteiger partial charge on any atom is -0.494 e. The number of ether oxygens (including phenoxy) is 1. The van der Waals surface area contributed by atoms with Crippen molar-refractivity contribution in [3.63, 3.8) is 0 Å². The molecule has 0 unspecified atom stereocenters. The number of hydrogen-bond acceptors (Lipinski definition) is 6. The van der Waals surface area contributed by atoms with E-state index in [1.54, 1.807) is 36.4 Å². The van der Waals surface area contributed by atoms with Crippen molar-refractivity contribution in [3.05, 3.63) is 119 Å². The van der Waals surface area contributed by atoms with Gasteiger partial charge < -0.3 is 14.7 Å². The largest absolute Gasteiger partial charge is 0.494 e. The standard InChI is InChI=1S/C26H25F2N5O2/c1-5-17(23-14-18(25-29-31-32-30-25)24(35-4)15-33(23)3)16(2)26(34,19-10-6-8-12-21(19)27)20-11-7-9-13-22(20)28/h6-15,34H,2,5H2,1,3-4H3,(H,29,30,31,32)/b23-17-. The molecule has 35 heavy (non-hydrogen) atoms. The van der Waals surface area contributed by atoms with Crippen LogP contribution in [0.25, 0.3) is 5.57 Å². The number of nitrogens with zero attached hydrogens (tertiary/aromatic N) is 4. The molecule has 0 amide bonds. The molecule has 2 heterocycles. The molecule has 0 spiro atoms. The summed E-state index contributed by atoms with van der Waals surface area (Å²) in [6.07, 6.45) is 3.90. The van der Waals surface area contributed by atoms with Gasteiger partial charge >= 0.3 is 0 Å². The van der Waals surface area contributed by atoms with Crippen LogP contribution in [0.2, 0.25) is 0 Å². The highest BCUT2D eigenvalue weighted by Gasteiger charge is 2.41. The summed E-state index contributed by atoms with van der Waals surface area (Å²) in [6, 6.07) is 11.5. The Labute approximate surface area is 201 Å². The Bertz CT molecular complexity index is 1300. The van der Waals surface area contributed by atoms with Crippen LogP contribution in [0, 0.1) is 11.6 Å². The molecule has 0 fully saturated rings. The van der Waals surface area contributed by atoms with Crippen molar-refractivity contribution in [1.29, 1.82) is 0 Å². The molecule has 0 bridgehead atoms. The highest BCUT2D eigenvalue weighted by Crippen LogP contribution is 2.44. The summed E-state index contributed by atoms with van der Waals surface area (Å²) >= 11 is 0. The van der Waals surface area contributed by atoms with Crippen molar-refractivity contribution in [3.8, 4) is 0 Å². The van der Waals surface area contributed by atoms with Crippen molar-refractivity contribution in [2.24, 2.45) is 0 Å². The molecule has 180 valence electrons. The van der Waals surface area contributed by atoms with Crippen LogP contribution in [0.4, 0.5) is 8.78 Å². The third kappa shape index (κ3) is 4.15. The smallest absolute Gasteiger partial charge is 0.208 e. The average molecular weight is 478 g/mol. The Hall–Kier alpha value is -4.11. The predicted molar refractivity (Wildman–Crippen MR) is 127 cm³/mol. The maximum absolute atomic E-state index is 15.1. The van der Waals surface area contributed by atoms with E-state index in [1.807, 2.05) is 6.92 Å². The van der Waals surface area contributed by atoms with E-state index in [-0.39, 0.29) is 16.7 Å². The number of benzene rings is 2. The molecule has 0 saturated carbocycles. The maximum atomic E-state index is 15.1. The molecule has 0 aliphatic carbocycles. The van der Waals surface area contributed by atoms with Gasteiger partial charge in [0.25, 0.3) is 0 Å². The van der Waals surface area contributed by atoms with Crippen LogP contribution in [-0.2, 0) is 10.3 Å². The number of aromatic amines is 1. The normalized spacial score (nSPS) is 15.4. The second-order valence-electron chi connectivity index (χ2n) is 7.97. The molecule has 0 atom stereocenters. The van der Waals surface area contributed by atoms with Gasteiger partial charge in [0.1, 0.15) is 23.0 Å². The number of aromatic nitrogens is 4. The lowest BCUT2D eigenvalue weighted by molar-refractivity contribution is 0.114. The van der Waals surface area contributed by atoms with Crippen molar-refractivity contribution >= 4 is 5.57 Å². The van der Waals surface area contributed by atoms with E-state index >= 15 is 8.78 Å². The van der Waals surface area contributed by atoms with Crippen molar-refractivity contribution in [2.45, 2.75) is 18.9 Å². The quantitative estimate of drug-likeness (QED) is 0.523. The van der Waals surface area contributed by atoms with Crippen molar-refractivity contribution in [1.82, 2.24) is 25.5 Å². The number of hydrogen-bond donors (Lipinski definition) is 2. The van der Waals surface area contributed by atoms with Gasteiger partial charge in [-0.2, -0.15) is 5.21 Å². The van der Waals surface area contributed by atoms with Crippen LogP contribution in [0.1, 0.15) is 30.3 Å². The van der Waals surface area contributed by atoms with E-state index in [4.69, 9.17) is 4.74 Å². The SMILES string of the molecule is C=C(/C(CC)=C1/C=C(c2nn[nH]n2)C(OC)=CN1C)C(O)(c1ccccc1F)c1ccccc1F. The highest BCUT2D eigenvalue weighted by atomic mass is 19.1. The molecule has 1 aliphatic heterocycles. The van der Waals surface area contributed by atoms with Gasteiger partial charge in [-0.15, -0.1) is 10.2 Å². The second kappa shape index (κ2) is 9.63. The number of H-pyrrole nitrogens is 1. The summed E-state index contributed by atoms with van der Waals surface area (Å²) in [6.45, 7) is 6.05. The van der Waals surface area contributed by atoms with Crippen molar-refractivity contribution in [2.75, 3.05) is 14.2 Å². The summed E-state index contributed by atoms with van der Waals surface area (Å²) < 4.78 is 35.7. The van der Waals surface area contributed by atoms with E-state index in [2.05, 4.69) is 27.2 Å². The summed E-state index contributed by atoms with van der Waals surface area (Å²) in [5, 5.41) is 26.2. The molecule has 4 rings (SSSR count). The molecule has 3 aromatic rings. The number of rotatable bonds is 7. The van der Waals surface area contributed by atoms with Gasteiger partial charge in [-0.25, -0.2) is 8.78 Å². The first-order valence-electron chi connectivity index (χ1n) is 10.9. The number of aliphatic hydroxyl groups is 1. The van der Waals surface area contributed by atoms with E-state index in [1.165, 1.54) is 43.5 Å². The lowest BCUT2D eigenvalue weighted by Crippen LogP contribution is -2.33. The fraction of sp³-hybridized carbons (Fsp3) is 0.192. The lowest BCUT2D eigenvalue weighted by atomic mass is 9.76. The molecule has 1 aliphatic rings. The molecule has 7 nitrogen and oxygen atoms in total. The summed E-state index contributed by atoms with van der Waals surface area (Å²) in [5.41, 5.74) is -0.492.